The van der Waals surface area contributed by atoms with Gasteiger partial charge in [0.25, 0.3) is 0 Å². The summed E-state index contributed by atoms with van der Waals surface area (Å²) in [4.78, 5) is 11.6. The summed E-state index contributed by atoms with van der Waals surface area (Å²) in [6, 6.07) is 4.52. The molecule has 0 bridgehead atoms. The fourth-order valence-corrected chi connectivity index (χ4v) is 2.70. The van der Waals surface area contributed by atoms with Crippen LogP contribution in [0.3, 0.4) is 0 Å². The zero-order valence-electron chi connectivity index (χ0n) is 8.80. The molecule has 2 nitrogen and oxygen atoms in total. The molecule has 0 unspecified atom stereocenters. The maximum absolute atomic E-state index is 13.4. The van der Waals surface area contributed by atoms with Crippen molar-refractivity contribution in [2.45, 2.75) is 31.1 Å². The highest BCUT2D eigenvalue weighted by Gasteiger charge is 2.41. The molecule has 0 aromatic heterocycles. The molecule has 0 atom stereocenters. The van der Waals surface area contributed by atoms with E-state index in [0.717, 1.165) is 12.8 Å². The number of benzene rings is 1. The molecule has 4 heteroatoms. The molecule has 1 aliphatic carbocycles. The molecular weight excluding hydrogens is 229 g/mol. The minimum Gasteiger partial charge on any atom is -0.396 e. The van der Waals surface area contributed by atoms with E-state index in [1.54, 1.807) is 6.07 Å². The van der Waals surface area contributed by atoms with Crippen molar-refractivity contribution < 1.29 is 9.18 Å². The fraction of sp³-hybridized carbons (Fsp3) is 0.417. The van der Waals surface area contributed by atoms with Gasteiger partial charge in [-0.2, -0.15) is 0 Å². The van der Waals surface area contributed by atoms with Crippen LogP contribution < -0.4 is 5.73 Å². The van der Waals surface area contributed by atoms with Crippen LogP contribution >= 0.6 is 11.6 Å². The van der Waals surface area contributed by atoms with Crippen LogP contribution in [0.2, 0.25) is 0 Å². The third kappa shape index (κ3) is 1.69. The molecule has 0 spiro atoms. The Morgan fingerprint density at radius 1 is 1.38 bits per heavy atom. The van der Waals surface area contributed by atoms with E-state index in [-0.39, 0.29) is 5.69 Å². The summed E-state index contributed by atoms with van der Waals surface area (Å²) in [6.07, 6.45) is 3.28. The quantitative estimate of drug-likeness (QED) is 0.639. The van der Waals surface area contributed by atoms with Crippen LogP contribution in [-0.4, -0.2) is 5.24 Å². The maximum atomic E-state index is 13.4. The van der Waals surface area contributed by atoms with Crippen LogP contribution in [0.4, 0.5) is 10.1 Å². The largest absolute Gasteiger partial charge is 0.396 e. The van der Waals surface area contributed by atoms with Crippen molar-refractivity contribution in [3.05, 3.63) is 29.6 Å². The van der Waals surface area contributed by atoms with Crippen LogP contribution in [0.1, 0.15) is 31.2 Å². The number of carbonyl (C=O) groups is 1. The van der Waals surface area contributed by atoms with Gasteiger partial charge in [0.2, 0.25) is 5.24 Å². The molecule has 0 aliphatic heterocycles. The Balaban J connectivity index is 2.47. The molecule has 1 aliphatic rings. The highest BCUT2D eigenvalue weighted by molar-refractivity contribution is 6.65. The van der Waals surface area contributed by atoms with Crippen LogP contribution in [0.5, 0.6) is 0 Å². The Labute approximate surface area is 98.6 Å². The topological polar surface area (TPSA) is 43.1 Å². The summed E-state index contributed by atoms with van der Waals surface area (Å²) >= 11 is 5.67. The number of carbonyl (C=O) groups excluding carboxylic acids is 1. The number of nitrogens with two attached hydrogens (primary N) is 1. The van der Waals surface area contributed by atoms with Gasteiger partial charge in [0.1, 0.15) is 5.82 Å². The van der Waals surface area contributed by atoms with Crippen molar-refractivity contribution in [3.8, 4) is 0 Å². The molecule has 16 heavy (non-hydrogen) atoms. The minimum absolute atomic E-state index is 0.0962. The van der Waals surface area contributed by atoms with Gasteiger partial charge in [-0.05, 0) is 42.1 Å². The lowest BCUT2D eigenvalue weighted by Crippen LogP contribution is -2.29. The van der Waals surface area contributed by atoms with E-state index in [9.17, 15) is 9.18 Å². The van der Waals surface area contributed by atoms with Gasteiger partial charge in [-0.25, -0.2) is 4.39 Å². The first-order valence-electron chi connectivity index (χ1n) is 5.32. The van der Waals surface area contributed by atoms with Gasteiger partial charge in [0, 0.05) is 0 Å². The third-order valence-corrected chi connectivity index (χ3v) is 3.75. The SMILES string of the molecule is Nc1ccc(C2(C(=O)Cl)CCCC2)cc1F. The lowest BCUT2D eigenvalue weighted by molar-refractivity contribution is -0.116. The zero-order valence-corrected chi connectivity index (χ0v) is 9.56. The fourth-order valence-electron chi connectivity index (χ4n) is 2.40. The molecule has 1 aromatic carbocycles. The second-order valence-corrected chi connectivity index (χ2v) is 4.64. The molecule has 0 radical (unpaired) electrons. The van der Waals surface area contributed by atoms with Crippen molar-refractivity contribution >= 4 is 22.5 Å². The number of halogens is 2. The van der Waals surface area contributed by atoms with Gasteiger partial charge in [0.05, 0.1) is 11.1 Å². The van der Waals surface area contributed by atoms with Crippen molar-refractivity contribution in [1.82, 2.24) is 0 Å². The minimum atomic E-state index is -0.698. The lowest BCUT2D eigenvalue weighted by Gasteiger charge is -2.25. The van der Waals surface area contributed by atoms with Gasteiger partial charge >= 0.3 is 0 Å². The maximum Gasteiger partial charge on any atom is 0.232 e. The van der Waals surface area contributed by atoms with E-state index in [1.165, 1.54) is 12.1 Å². The highest BCUT2D eigenvalue weighted by Crippen LogP contribution is 2.43. The second-order valence-electron chi connectivity index (χ2n) is 4.30. The highest BCUT2D eigenvalue weighted by atomic mass is 35.5. The number of anilines is 1. The van der Waals surface area contributed by atoms with E-state index in [1.807, 2.05) is 0 Å². The molecule has 1 aromatic rings. The Bertz CT molecular complexity index is 427. The Hall–Kier alpha value is -1.09. The monoisotopic (exact) mass is 241 g/mol. The summed E-state index contributed by atoms with van der Waals surface area (Å²) in [5.41, 5.74) is 5.46. The molecule has 0 amide bonds. The Kier molecular flexibility index (Phi) is 2.89. The van der Waals surface area contributed by atoms with Gasteiger partial charge in [0.15, 0.2) is 0 Å². The molecule has 86 valence electrons. The summed E-state index contributed by atoms with van der Waals surface area (Å²) < 4.78 is 13.4. The number of hydrogen-bond donors (Lipinski definition) is 1. The van der Waals surface area contributed by atoms with Crippen molar-refractivity contribution in [2.75, 3.05) is 5.73 Å². The number of rotatable bonds is 2. The third-order valence-electron chi connectivity index (χ3n) is 3.39. The van der Waals surface area contributed by atoms with Gasteiger partial charge in [-0.15, -0.1) is 0 Å². The molecule has 0 heterocycles. The van der Waals surface area contributed by atoms with Crippen LogP contribution in [-0.2, 0) is 10.2 Å². The second kappa shape index (κ2) is 4.06. The molecule has 1 fully saturated rings. The standard InChI is InChI=1S/C12H13ClFNO/c13-11(16)12(5-1-2-6-12)8-3-4-10(15)9(14)7-8/h3-4,7H,1-2,5-6,15H2. The molecule has 2 N–H and O–H groups in total. The van der Waals surface area contributed by atoms with E-state index in [0.29, 0.717) is 18.4 Å². The first-order valence-corrected chi connectivity index (χ1v) is 5.69. The van der Waals surface area contributed by atoms with Gasteiger partial charge in [-0.3, -0.25) is 4.79 Å². The van der Waals surface area contributed by atoms with Crippen LogP contribution in [0, 0.1) is 5.82 Å². The van der Waals surface area contributed by atoms with Gasteiger partial charge < -0.3 is 5.73 Å². The molecule has 2 rings (SSSR count). The molecule has 1 saturated carbocycles. The Morgan fingerprint density at radius 3 is 2.50 bits per heavy atom. The number of nitrogen functional groups attached to an aromatic ring is 1. The van der Waals surface area contributed by atoms with Crippen molar-refractivity contribution in [3.63, 3.8) is 0 Å². The first-order chi connectivity index (χ1) is 7.56. The predicted molar refractivity (Wildman–Crippen MR) is 61.8 cm³/mol. The average Bonchev–Trinajstić information content (AvgIpc) is 2.72. The Morgan fingerprint density at radius 2 is 2.00 bits per heavy atom. The predicted octanol–water partition coefficient (Wildman–Crippen LogP) is 2.99. The smallest absolute Gasteiger partial charge is 0.232 e. The molecular formula is C12H13ClFNO. The van der Waals surface area contributed by atoms with Crippen molar-refractivity contribution in [1.29, 1.82) is 0 Å². The van der Waals surface area contributed by atoms with E-state index in [4.69, 9.17) is 17.3 Å². The first kappa shape index (κ1) is 11.4. The summed E-state index contributed by atoms with van der Waals surface area (Å²) in [6.45, 7) is 0. The average molecular weight is 242 g/mol. The summed E-state index contributed by atoms with van der Waals surface area (Å²) in [5.74, 6) is -0.485. The zero-order chi connectivity index (χ0) is 11.8. The van der Waals surface area contributed by atoms with E-state index in [2.05, 4.69) is 0 Å². The number of hydrogen-bond acceptors (Lipinski definition) is 2. The lowest BCUT2D eigenvalue weighted by atomic mass is 9.80. The normalized spacial score (nSPS) is 18.6. The van der Waals surface area contributed by atoms with Crippen LogP contribution in [0.15, 0.2) is 18.2 Å². The molecule has 0 saturated heterocycles. The van der Waals surface area contributed by atoms with Crippen LogP contribution in [0.25, 0.3) is 0 Å². The van der Waals surface area contributed by atoms with E-state index >= 15 is 0 Å². The van der Waals surface area contributed by atoms with Crippen molar-refractivity contribution in [2.24, 2.45) is 0 Å². The van der Waals surface area contributed by atoms with Gasteiger partial charge in [-0.1, -0.05) is 18.9 Å². The van der Waals surface area contributed by atoms with E-state index < -0.39 is 16.5 Å². The summed E-state index contributed by atoms with van der Waals surface area (Å²) in [7, 11) is 0. The summed E-state index contributed by atoms with van der Waals surface area (Å²) in [5, 5.41) is -0.394.